The summed E-state index contributed by atoms with van der Waals surface area (Å²) in [5.74, 6) is 0.390. The standard InChI is InChI=1S/C14H28O2/c1-5-6-7-8-9-10-13(15)11-12-14(2,3)16-4/h5-12H2,1-4H3. The number of unbranched alkanes of at least 4 members (excludes halogenated alkanes) is 4. The van der Waals surface area contributed by atoms with E-state index in [4.69, 9.17) is 4.74 Å². The Labute approximate surface area is 101 Å². The summed E-state index contributed by atoms with van der Waals surface area (Å²) >= 11 is 0. The normalized spacial score (nSPS) is 11.8. The number of Topliss-reactive ketones (excluding diaryl/α,β-unsaturated/α-hetero) is 1. The SMILES string of the molecule is CCCCCCCC(=O)CCC(C)(C)OC. The fraction of sp³-hybridized carbons (Fsp3) is 0.929. The van der Waals surface area contributed by atoms with E-state index in [0.29, 0.717) is 12.2 Å². The predicted molar refractivity (Wildman–Crippen MR) is 68.7 cm³/mol. The lowest BCUT2D eigenvalue weighted by atomic mass is 9.98. The summed E-state index contributed by atoms with van der Waals surface area (Å²) in [4.78, 5) is 11.6. The van der Waals surface area contributed by atoms with Gasteiger partial charge in [0.25, 0.3) is 0 Å². The zero-order chi connectivity index (χ0) is 12.4. The summed E-state index contributed by atoms with van der Waals surface area (Å²) in [6.45, 7) is 6.26. The highest BCUT2D eigenvalue weighted by Crippen LogP contribution is 2.16. The molecule has 0 aliphatic rings. The van der Waals surface area contributed by atoms with Crippen LogP contribution in [0.1, 0.15) is 72.1 Å². The fourth-order valence-corrected chi connectivity index (χ4v) is 1.59. The molecule has 0 N–H and O–H groups in total. The lowest BCUT2D eigenvalue weighted by molar-refractivity contribution is -0.120. The van der Waals surface area contributed by atoms with Gasteiger partial charge in [-0.05, 0) is 26.7 Å². The Morgan fingerprint density at radius 1 is 1.06 bits per heavy atom. The average molecular weight is 228 g/mol. The highest BCUT2D eigenvalue weighted by atomic mass is 16.5. The maximum absolute atomic E-state index is 11.6. The van der Waals surface area contributed by atoms with Gasteiger partial charge in [0.05, 0.1) is 5.60 Å². The third kappa shape index (κ3) is 8.90. The van der Waals surface area contributed by atoms with Gasteiger partial charge < -0.3 is 4.74 Å². The molecule has 0 heterocycles. The van der Waals surface area contributed by atoms with E-state index >= 15 is 0 Å². The first-order valence-electron chi connectivity index (χ1n) is 6.58. The van der Waals surface area contributed by atoms with Crippen LogP contribution in [-0.2, 0) is 9.53 Å². The first-order chi connectivity index (χ1) is 7.52. The highest BCUT2D eigenvalue weighted by Gasteiger charge is 2.17. The van der Waals surface area contributed by atoms with Gasteiger partial charge in [-0.3, -0.25) is 4.79 Å². The molecule has 0 aliphatic heterocycles. The first kappa shape index (κ1) is 15.6. The second kappa shape index (κ2) is 8.74. The van der Waals surface area contributed by atoms with Crippen molar-refractivity contribution in [3.05, 3.63) is 0 Å². The number of carbonyl (C=O) groups is 1. The van der Waals surface area contributed by atoms with Gasteiger partial charge in [0.1, 0.15) is 5.78 Å². The number of ketones is 1. The van der Waals surface area contributed by atoms with Crippen LogP contribution >= 0.6 is 0 Å². The number of rotatable bonds is 10. The quantitative estimate of drug-likeness (QED) is 0.526. The number of hydrogen-bond acceptors (Lipinski definition) is 2. The predicted octanol–water partition coefficient (Wildman–Crippen LogP) is 4.12. The van der Waals surface area contributed by atoms with Crippen LogP contribution in [0.5, 0.6) is 0 Å². The van der Waals surface area contributed by atoms with Crippen molar-refractivity contribution in [3.8, 4) is 0 Å². The van der Waals surface area contributed by atoms with E-state index < -0.39 is 0 Å². The van der Waals surface area contributed by atoms with Gasteiger partial charge in [-0.1, -0.05) is 32.6 Å². The monoisotopic (exact) mass is 228 g/mol. The van der Waals surface area contributed by atoms with Crippen molar-refractivity contribution >= 4 is 5.78 Å². The Morgan fingerprint density at radius 2 is 1.69 bits per heavy atom. The Hall–Kier alpha value is -0.370. The van der Waals surface area contributed by atoms with Gasteiger partial charge in [0.2, 0.25) is 0 Å². The van der Waals surface area contributed by atoms with Gasteiger partial charge in [-0.25, -0.2) is 0 Å². The van der Waals surface area contributed by atoms with Crippen LogP contribution < -0.4 is 0 Å². The van der Waals surface area contributed by atoms with Crippen molar-refractivity contribution in [2.45, 2.75) is 77.7 Å². The molecule has 0 saturated heterocycles. The van der Waals surface area contributed by atoms with E-state index in [0.717, 1.165) is 19.3 Å². The molecule has 0 spiro atoms. The molecule has 0 fully saturated rings. The third-order valence-corrected chi connectivity index (χ3v) is 3.12. The zero-order valence-electron chi connectivity index (χ0n) is 11.5. The van der Waals surface area contributed by atoms with Crippen LogP contribution in [0, 0.1) is 0 Å². The molecule has 0 amide bonds. The van der Waals surface area contributed by atoms with E-state index in [1.165, 1.54) is 25.7 Å². The van der Waals surface area contributed by atoms with Crippen molar-refractivity contribution < 1.29 is 9.53 Å². The second-order valence-corrected chi connectivity index (χ2v) is 5.17. The Kier molecular flexibility index (Phi) is 8.54. The smallest absolute Gasteiger partial charge is 0.133 e. The van der Waals surface area contributed by atoms with Crippen LogP contribution in [0.4, 0.5) is 0 Å². The summed E-state index contributed by atoms with van der Waals surface area (Å²) in [6.07, 6.45) is 8.34. The van der Waals surface area contributed by atoms with Crippen LogP contribution in [0.2, 0.25) is 0 Å². The molecule has 0 rings (SSSR count). The van der Waals surface area contributed by atoms with Gasteiger partial charge in [-0.15, -0.1) is 0 Å². The lowest BCUT2D eigenvalue weighted by Crippen LogP contribution is -2.23. The largest absolute Gasteiger partial charge is 0.379 e. The maximum Gasteiger partial charge on any atom is 0.133 e. The summed E-state index contributed by atoms with van der Waals surface area (Å²) in [5.41, 5.74) is -0.155. The molecule has 0 bridgehead atoms. The minimum Gasteiger partial charge on any atom is -0.379 e. The third-order valence-electron chi connectivity index (χ3n) is 3.12. The molecule has 96 valence electrons. The second-order valence-electron chi connectivity index (χ2n) is 5.17. The van der Waals surface area contributed by atoms with Crippen molar-refractivity contribution in [2.75, 3.05) is 7.11 Å². The summed E-state index contributed by atoms with van der Waals surface area (Å²) in [6, 6.07) is 0. The van der Waals surface area contributed by atoms with E-state index in [1.54, 1.807) is 7.11 Å². The Morgan fingerprint density at radius 3 is 2.25 bits per heavy atom. The fourth-order valence-electron chi connectivity index (χ4n) is 1.59. The topological polar surface area (TPSA) is 26.3 Å². The molecule has 0 saturated carbocycles. The number of carbonyl (C=O) groups excluding carboxylic acids is 1. The van der Waals surface area contributed by atoms with Gasteiger partial charge in [0.15, 0.2) is 0 Å². The average Bonchev–Trinajstić information content (AvgIpc) is 2.26. The highest BCUT2D eigenvalue weighted by molar-refractivity contribution is 5.78. The molecule has 0 aromatic carbocycles. The minimum atomic E-state index is -0.155. The molecule has 0 atom stereocenters. The summed E-state index contributed by atoms with van der Waals surface area (Å²) < 4.78 is 5.29. The number of ether oxygens (including phenoxy) is 1. The van der Waals surface area contributed by atoms with Gasteiger partial charge in [-0.2, -0.15) is 0 Å². The summed E-state index contributed by atoms with van der Waals surface area (Å²) in [5, 5.41) is 0. The van der Waals surface area contributed by atoms with Gasteiger partial charge in [0, 0.05) is 20.0 Å². The van der Waals surface area contributed by atoms with Crippen molar-refractivity contribution in [2.24, 2.45) is 0 Å². The molecule has 2 heteroatoms. The van der Waals surface area contributed by atoms with Crippen molar-refractivity contribution in [1.82, 2.24) is 0 Å². The zero-order valence-corrected chi connectivity index (χ0v) is 11.5. The van der Waals surface area contributed by atoms with Crippen molar-refractivity contribution in [3.63, 3.8) is 0 Å². The van der Waals surface area contributed by atoms with Crippen LogP contribution in [-0.4, -0.2) is 18.5 Å². The number of methoxy groups -OCH3 is 1. The minimum absolute atomic E-state index is 0.155. The van der Waals surface area contributed by atoms with Crippen LogP contribution in [0.15, 0.2) is 0 Å². The molecule has 16 heavy (non-hydrogen) atoms. The summed E-state index contributed by atoms with van der Waals surface area (Å²) in [7, 11) is 1.70. The maximum atomic E-state index is 11.6. The molecule has 0 aliphatic carbocycles. The number of hydrogen-bond donors (Lipinski definition) is 0. The lowest BCUT2D eigenvalue weighted by Gasteiger charge is -2.22. The Bertz CT molecular complexity index is 185. The van der Waals surface area contributed by atoms with E-state index in [-0.39, 0.29) is 5.60 Å². The Balaban J connectivity index is 3.45. The van der Waals surface area contributed by atoms with E-state index in [9.17, 15) is 4.79 Å². The van der Waals surface area contributed by atoms with Gasteiger partial charge >= 0.3 is 0 Å². The molecular weight excluding hydrogens is 200 g/mol. The molecule has 2 nitrogen and oxygen atoms in total. The molecule has 0 aromatic rings. The molecular formula is C14H28O2. The van der Waals surface area contributed by atoms with E-state index in [2.05, 4.69) is 6.92 Å². The van der Waals surface area contributed by atoms with Crippen LogP contribution in [0.3, 0.4) is 0 Å². The molecule has 0 aromatic heterocycles. The molecule has 0 radical (unpaired) electrons. The van der Waals surface area contributed by atoms with Crippen molar-refractivity contribution in [1.29, 1.82) is 0 Å². The first-order valence-corrected chi connectivity index (χ1v) is 6.58. The van der Waals surface area contributed by atoms with E-state index in [1.807, 2.05) is 13.8 Å². The van der Waals surface area contributed by atoms with Crippen LogP contribution in [0.25, 0.3) is 0 Å². The molecule has 0 unspecified atom stereocenters.